The molecule has 1 N–H and O–H groups in total. The van der Waals surface area contributed by atoms with Gasteiger partial charge in [-0.2, -0.15) is 0 Å². The second kappa shape index (κ2) is 5.44. The normalized spacial score (nSPS) is 11.1. The van der Waals surface area contributed by atoms with Crippen molar-refractivity contribution in [2.24, 2.45) is 0 Å². The number of nitrogens with zero attached hydrogens (tertiary/aromatic N) is 3. The molecule has 3 rings (SSSR count). The van der Waals surface area contributed by atoms with Gasteiger partial charge in [-0.1, -0.05) is 13.0 Å². The van der Waals surface area contributed by atoms with Crippen LogP contribution in [0.5, 0.6) is 0 Å². The highest BCUT2D eigenvalue weighted by Gasteiger charge is 2.06. The summed E-state index contributed by atoms with van der Waals surface area (Å²) in [5.41, 5.74) is 2.77. The standard InChI is InChI=1S/C16H15N3O2/c1-2-10-3-4-13-11(7-10)8-12-9-17-14(5-6-15(20)21)19-16(12)18-13/h3-4,7-9H,2,5-6H2,1H3,(H,20,21). The molecule has 2 aromatic heterocycles. The van der Waals surface area contributed by atoms with Gasteiger partial charge in [0.1, 0.15) is 5.82 Å². The van der Waals surface area contributed by atoms with E-state index in [0.717, 1.165) is 22.7 Å². The van der Waals surface area contributed by atoms with Crippen molar-refractivity contribution in [2.75, 3.05) is 0 Å². The Morgan fingerprint density at radius 3 is 2.81 bits per heavy atom. The summed E-state index contributed by atoms with van der Waals surface area (Å²) in [6, 6.07) is 8.21. The zero-order valence-corrected chi connectivity index (χ0v) is 11.7. The van der Waals surface area contributed by atoms with E-state index in [1.807, 2.05) is 12.1 Å². The van der Waals surface area contributed by atoms with Gasteiger partial charge in [-0.05, 0) is 30.2 Å². The maximum absolute atomic E-state index is 10.6. The Hall–Kier alpha value is -2.56. The fourth-order valence-corrected chi connectivity index (χ4v) is 2.27. The third kappa shape index (κ3) is 2.81. The molecule has 0 aliphatic heterocycles. The van der Waals surface area contributed by atoms with Crippen LogP contribution < -0.4 is 0 Å². The van der Waals surface area contributed by atoms with Crippen LogP contribution in [0, 0.1) is 0 Å². The lowest BCUT2D eigenvalue weighted by molar-refractivity contribution is -0.137. The van der Waals surface area contributed by atoms with Gasteiger partial charge < -0.3 is 5.11 Å². The van der Waals surface area contributed by atoms with Crippen molar-refractivity contribution in [3.05, 3.63) is 41.9 Å². The third-order valence-corrected chi connectivity index (χ3v) is 3.45. The van der Waals surface area contributed by atoms with Crippen LogP contribution in [0.3, 0.4) is 0 Å². The number of pyridine rings is 1. The monoisotopic (exact) mass is 281 g/mol. The van der Waals surface area contributed by atoms with E-state index < -0.39 is 5.97 Å². The molecule has 0 atom stereocenters. The summed E-state index contributed by atoms with van der Waals surface area (Å²) in [6.07, 6.45) is 3.04. The Morgan fingerprint density at radius 2 is 2.05 bits per heavy atom. The second-order valence-corrected chi connectivity index (χ2v) is 4.96. The Morgan fingerprint density at radius 1 is 1.19 bits per heavy atom. The number of aliphatic carboxylic acids is 1. The third-order valence-electron chi connectivity index (χ3n) is 3.45. The van der Waals surface area contributed by atoms with Crippen molar-refractivity contribution in [1.82, 2.24) is 15.0 Å². The second-order valence-electron chi connectivity index (χ2n) is 4.96. The average Bonchev–Trinajstić information content (AvgIpc) is 2.50. The van der Waals surface area contributed by atoms with Crippen LogP contribution in [0.1, 0.15) is 24.7 Å². The molecule has 0 bridgehead atoms. The van der Waals surface area contributed by atoms with E-state index in [0.29, 0.717) is 17.9 Å². The molecule has 0 aliphatic carbocycles. The van der Waals surface area contributed by atoms with Gasteiger partial charge in [0.15, 0.2) is 5.65 Å². The number of carboxylic acid groups (broad SMARTS) is 1. The van der Waals surface area contributed by atoms with Crippen LogP contribution in [0.2, 0.25) is 0 Å². The average molecular weight is 281 g/mol. The number of aryl methyl sites for hydroxylation is 2. The van der Waals surface area contributed by atoms with E-state index >= 15 is 0 Å². The van der Waals surface area contributed by atoms with Crippen LogP contribution in [0.4, 0.5) is 0 Å². The van der Waals surface area contributed by atoms with Crippen molar-refractivity contribution in [2.45, 2.75) is 26.2 Å². The molecule has 5 nitrogen and oxygen atoms in total. The molecule has 21 heavy (non-hydrogen) atoms. The number of rotatable bonds is 4. The smallest absolute Gasteiger partial charge is 0.303 e. The fourth-order valence-electron chi connectivity index (χ4n) is 2.27. The number of fused-ring (bicyclic) bond motifs is 2. The molecular formula is C16H15N3O2. The van der Waals surface area contributed by atoms with Crippen molar-refractivity contribution < 1.29 is 9.90 Å². The Bertz CT molecular complexity index is 830. The summed E-state index contributed by atoms with van der Waals surface area (Å²) >= 11 is 0. The number of carboxylic acids is 1. The van der Waals surface area contributed by atoms with Gasteiger partial charge in [-0.15, -0.1) is 0 Å². The van der Waals surface area contributed by atoms with Gasteiger partial charge >= 0.3 is 5.97 Å². The highest BCUT2D eigenvalue weighted by atomic mass is 16.4. The topological polar surface area (TPSA) is 76.0 Å². The van der Waals surface area contributed by atoms with Crippen molar-refractivity contribution in [3.8, 4) is 0 Å². The van der Waals surface area contributed by atoms with Gasteiger partial charge in [-0.25, -0.2) is 15.0 Å². The van der Waals surface area contributed by atoms with Gasteiger partial charge in [-0.3, -0.25) is 4.79 Å². The number of hydrogen-bond donors (Lipinski definition) is 1. The maximum atomic E-state index is 10.6. The fraction of sp³-hybridized carbons (Fsp3) is 0.250. The summed E-state index contributed by atoms with van der Waals surface area (Å²) in [6.45, 7) is 2.12. The molecule has 1 aromatic carbocycles. The summed E-state index contributed by atoms with van der Waals surface area (Å²) in [7, 11) is 0. The predicted octanol–water partition coefficient (Wildman–Crippen LogP) is 2.76. The minimum absolute atomic E-state index is 0.0267. The van der Waals surface area contributed by atoms with Crippen molar-refractivity contribution >= 4 is 27.9 Å². The lowest BCUT2D eigenvalue weighted by atomic mass is 10.1. The Kier molecular flexibility index (Phi) is 3.48. The SMILES string of the molecule is CCc1ccc2nc3nc(CCC(=O)O)ncc3cc2c1. The molecule has 5 heteroatoms. The zero-order chi connectivity index (χ0) is 14.8. The van der Waals surface area contributed by atoms with E-state index in [1.165, 1.54) is 5.56 Å². The van der Waals surface area contributed by atoms with Crippen LogP contribution >= 0.6 is 0 Å². The quantitative estimate of drug-likeness (QED) is 0.744. The highest BCUT2D eigenvalue weighted by molar-refractivity contribution is 5.90. The molecule has 0 amide bonds. The first kappa shape index (κ1) is 13.4. The Labute approximate surface area is 121 Å². The zero-order valence-electron chi connectivity index (χ0n) is 11.7. The van der Waals surface area contributed by atoms with Gasteiger partial charge in [0.25, 0.3) is 0 Å². The summed E-state index contributed by atoms with van der Waals surface area (Å²) in [4.78, 5) is 23.7. The lowest BCUT2D eigenvalue weighted by Gasteiger charge is -2.04. The highest BCUT2D eigenvalue weighted by Crippen LogP contribution is 2.19. The molecule has 0 spiro atoms. The molecule has 106 valence electrons. The predicted molar refractivity (Wildman–Crippen MR) is 80.2 cm³/mol. The molecule has 0 fully saturated rings. The van der Waals surface area contributed by atoms with Crippen LogP contribution in [-0.2, 0) is 17.6 Å². The van der Waals surface area contributed by atoms with E-state index in [4.69, 9.17) is 5.11 Å². The first-order chi connectivity index (χ1) is 10.2. The van der Waals surface area contributed by atoms with Crippen LogP contribution in [-0.4, -0.2) is 26.0 Å². The largest absolute Gasteiger partial charge is 0.481 e. The van der Waals surface area contributed by atoms with E-state index in [-0.39, 0.29) is 6.42 Å². The van der Waals surface area contributed by atoms with Crippen LogP contribution in [0.25, 0.3) is 21.9 Å². The van der Waals surface area contributed by atoms with E-state index in [2.05, 4.69) is 34.0 Å². The summed E-state index contributed by atoms with van der Waals surface area (Å²) in [5, 5.41) is 10.7. The van der Waals surface area contributed by atoms with Gasteiger partial charge in [0.05, 0.1) is 11.9 Å². The van der Waals surface area contributed by atoms with Crippen LogP contribution in [0.15, 0.2) is 30.5 Å². The minimum Gasteiger partial charge on any atom is -0.481 e. The van der Waals surface area contributed by atoms with E-state index in [9.17, 15) is 4.79 Å². The number of benzene rings is 1. The summed E-state index contributed by atoms with van der Waals surface area (Å²) in [5.74, 6) is -0.334. The lowest BCUT2D eigenvalue weighted by Crippen LogP contribution is -2.02. The molecule has 0 aliphatic rings. The number of aromatic nitrogens is 3. The first-order valence-electron chi connectivity index (χ1n) is 6.93. The first-order valence-corrected chi connectivity index (χ1v) is 6.93. The van der Waals surface area contributed by atoms with E-state index in [1.54, 1.807) is 6.20 Å². The van der Waals surface area contributed by atoms with Gasteiger partial charge in [0, 0.05) is 23.4 Å². The molecule has 0 radical (unpaired) electrons. The molecule has 3 aromatic rings. The van der Waals surface area contributed by atoms with Gasteiger partial charge in [0.2, 0.25) is 0 Å². The molecule has 0 saturated heterocycles. The molecule has 0 saturated carbocycles. The summed E-state index contributed by atoms with van der Waals surface area (Å²) < 4.78 is 0. The minimum atomic E-state index is -0.850. The molecule has 2 heterocycles. The van der Waals surface area contributed by atoms with Crippen molar-refractivity contribution in [3.63, 3.8) is 0 Å². The van der Waals surface area contributed by atoms with Crippen molar-refractivity contribution in [1.29, 1.82) is 0 Å². The molecular weight excluding hydrogens is 266 g/mol. The maximum Gasteiger partial charge on any atom is 0.303 e. The number of hydrogen-bond acceptors (Lipinski definition) is 4. The molecule has 0 unspecified atom stereocenters. The number of carbonyl (C=O) groups is 1. The Balaban J connectivity index is 2.05.